The number of hydrogen-bond acceptors (Lipinski definition) is 4. The monoisotopic (exact) mass is 313 g/mol. The van der Waals surface area contributed by atoms with Gasteiger partial charge in [0, 0.05) is 31.0 Å². The molecule has 1 aromatic heterocycles. The zero-order valence-corrected chi connectivity index (χ0v) is 13.8. The molecule has 0 spiro atoms. The third kappa shape index (κ3) is 3.60. The number of piperidine rings is 1. The predicted octanol–water partition coefficient (Wildman–Crippen LogP) is 3.55. The minimum Gasteiger partial charge on any atom is -0.420 e. The van der Waals surface area contributed by atoms with Crippen molar-refractivity contribution < 1.29 is 9.21 Å². The number of carbonyl (C=O) groups is 1. The molecule has 2 heterocycles. The number of aromatic nitrogens is 2. The predicted molar refractivity (Wildman–Crippen MR) is 87.9 cm³/mol. The van der Waals surface area contributed by atoms with Crippen LogP contribution in [0.3, 0.4) is 0 Å². The fourth-order valence-electron chi connectivity index (χ4n) is 2.96. The summed E-state index contributed by atoms with van der Waals surface area (Å²) >= 11 is 0. The van der Waals surface area contributed by atoms with E-state index in [9.17, 15) is 4.79 Å². The maximum atomic E-state index is 11.9. The molecule has 0 atom stereocenters. The number of nitrogens with zero attached hydrogens (tertiary/aromatic N) is 3. The second-order valence-electron chi connectivity index (χ2n) is 6.22. The molecule has 1 amide bonds. The van der Waals surface area contributed by atoms with Crippen LogP contribution in [-0.2, 0) is 4.79 Å². The van der Waals surface area contributed by atoms with Crippen LogP contribution in [0.5, 0.6) is 0 Å². The van der Waals surface area contributed by atoms with E-state index >= 15 is 0 Å². The Morgan fingerprint density at radius 1 is 1.22 bits per heavy atom. The van der Waals surface area contributed by atoms with Gasteiger partial charge in [0.2, 0.25) is 17.7 Å². The molecule has 0 N–H and O–H groups in total. The highest BCUT2D eigenvalue weighted by Crippen LogP contribution is 2.29. The summed E-state index contributed by atoms with van der Waals surface area (Å²) in [5.74, 6) is 1.79. The van der Waals surface area contributed by atoms with Crippen LogP contribution in [0, 0.1) is 6.92 Å². The Balaban J connectivity index is 1.63. The molecular formula is C18H23N3O2. The molecule has 5 heteroatoms. The SMILES string of the molecule is CCCC(=O)N1CCC(c2nnc(-c3ccc(C)cc3)o2)CC1. The molecular weight excluding hydrogens is 290 g/mol. The van der Waals surface area contributed by atoms with Crippen molar-refractivity contribution in [1.29, 1.82) is 0 Å². The van der Waals surface area contributed by atoms with Crippen LogP contribution in [0.15, 0.2) is 28.7 Å². The van der Waals surface area contributed by atoms with Gasteiger partial charge in [-0.1, -0.05) is 24.6 Å². The quantitative estimate of drug-likeness (QED) is 0.866. The van der Waals surface area contributed by atoms with Crippen molar-refractivity contribution in [2.75, 3.05) is 13.1 Å². The van der Waals surface area contributed by atoms with E-state index in [2.05, 4.69) is 17.1 Å². The molecule has 0 aliphatic carbocycles. The highest BCUT2D eigenvalue weighted by molar-refractivity contribution is 5.76. The van der Waals surface area contributed by atoms with E-state index in [1.807, 2.05) is 36.1 Å². The Labute approximate surface area is 136 Å². The smallest absolute Gasteiger partial charge is 0.247 e. The van der Waals surface area contributed by atoms with Gasteiger partial charge in [-0.2, -0.15) is 0 Å². The summed E-state index contributed by atoms with van der Waals surface area (Å²) in [4.78, 5) is 13.9. The van der Waals surface area contributed by atoms with Crippen molar-refractivity contribution in [3.63, 3.8) is 0 Å². The standard InChI is InChI=1S/C18H23N3O2/c1-3-4-16(22)21-11-9-15(10-12-21)18-20-19-17(23-18)14-7-5-13(2)6-8-14/h5-8,15H,3-4,9-12H2,1-2H3. The summed E-state index contributed by atoms with van der Waals surface area (Å²) in [7, 11) is 0. The van der Waals surface area contributed by atoms with Gasteiger partial charge in [-0.15, -0.1) is 10.2 Å². The molecule has 5 nitrogen and oxygen atoms in total. The average molecular weight is 313 g/mol. The van der Waals surface area contributed by atoms with Gasteiger partial charge in [0.25, 0.3) is 0 Å². The number of benzene rings is 1. The lowest BCUT2D eigenvalue weighted by molar-refractivity contribution is -0.132. The molecule has 1 aliphatic rings. The van der Waals surface area contributed by atoms with Crippen LogP contribution >= 0.6 is 0 Å². The maximum Gasteiger partial charge on any atom is 0.247 e. The first-order chi connectivity index (χ1) is 11.2. The first-order valence-corrected chi connectivity index (χ1v) is 8.35. The van der Waals surface area contributed by atoms with Gasteiger partial charge in [0.1, 0.15) is 0 Å². The maximum absolute atomic E-state index is 11.9. The van der Waals surface area contributed by atoms with Crippen molar-refractivity contribution in [2.45, 2.75) is 45.4 Å². The van der Waals surface area contributed by atoms with Gasteiger partial charge in [-0.05, 0) is 38.3 Å². The summed E-state index contributed by atoms with van der Waals surface area (Å²) in [6, 6.07) is 8.07. The summed E-state index contributed by atoms with van der Waals surface area (Å²) in [6.45, 7) is 5.66. The van der Waals surface area contributed by atoms with Gasteiger partial charge < -0.3 is 9.32 Å². The second kappa shape index (κ2) is 6.94. The van der Waals surface area contributed by atoms with Crippen LogP contribution < -0.4 is 0 Å². The molecule has 23 heavy (non-hydrogen) atoms. The Hall–Kier alpha value is -2.17. The van der Waals surface area contributed by atoms with E-state index in [1.165, 1.54) is 5.56 Å². The number of likely N-dealkylation sites (tertiary alicyclic amines) is 1. The molecule has 0 radical (unpaired) electrons. The lowest BCUT2D eigenvalue weighted by Crippen LogP contribution is -2.37. The van der Waals surface area contributed by atoms with E-state index in [0.29, 0.717) is 18.2 Å². The third-order valence-corrected chi connectivity index (χ3v) is 4.40. The Morgan fingerprint density at radius 2 is 1.91 bits per heavy atom. The highest BCUT2D eigenvalue weighted by atomic mass is 16.4. The van der Waals surface area contributed by atoms with Gasteiger partial charge >= 0.3 is 0 Å². The summed E-state index contributed by atoms with van der Waals surface area (Å²) in [5, 5.41) is 8.40. The summed E-state index contributed by atoms with van der Waals surface area (Å²) in [5.41, 5.74) is 2.16. The van der Waals surface area contributed by atoms with E-state index in [-0.39, 0.29) is 11.8 Å². The largest absolute Gasteiger partial charge is 0.420 e. The van der Waals surface area contributed by atoms with Crippen molar-refractivity contribution in [3.8, 4) is 11.5 Å². The van der Waals surface area contributed by atoms with Crippen molar-refractivity contribution in [3.05, 3.63) is 35.7 Å². The topological polar surface area (TPSA) is 59.2 Å². The van der Waals surface area contributed by atoms with Crippen molar-refractivity contribution in [2.24, 2.45) is 0 Å². The first kappa shape index (κ1) is 15.7. The molecule has 1 aromatic carbocycles. The fraction of sp³-hybridized carbons (Fsp3) is 0.500. The normalized spacial score (nSPS) is 15.8. The first-order valence-electron chi connectivity index (χ1n) is 8.35. The van der Waals surface area contributed by atoms with Gasteiger partial charge in [-0.25, -0.2) is 0 Å². The number of aryl methyl sites for hydroxylation is 1. The van der Waals surface area contributed by atoms with Gasteiger partial charge in [0.05, 0.1) is 0 Å². The van der Waals surface area contributed by atoms with Gasteiger partial charge in [0.15, 0.2) is 0 Å². The zero-order chi connectivity index (χ0) is 16.2. The van der Waals surface area contributed by atoms with Crippen LogP contribution in [-0.4, -0.2) is 34.1 Å². The molecule has 1 aliphatic heterocycles. The highest BCUT2D eigenvalue weighted by Gasteiger charge is 2.27. The summed E-state index contributed by atoms with van der Waals surface area (Å²) < 4.78 is 5.87. The van der Waals surface area contributed by atoms with Crippen LogP contribution in [0.25, 0.3) is 11.5 Å². The number of rotatable bonds is 4. The lowest BCUT2D eigenvalue weighted by Gasteiger charge is -2.30. The van der Waals surface area contributed by atoms with E-state index in [4.69, 9.17) is 4.42 Å². The molecule has 3 rings (SSSR count). The minimum atomic E-state index is 0.257. The van der Waals surface area contributed by atoms with Crippen LogP contribution in [0.4, 0.5) is 0 Å². The van der Waals surface area contributed by atoms with Gasteiger partial charge in [-0.3, -0.25) is 4.79 Å². The lowest BCUT2D eigenvalue weighted by atomic mass is 9.96. The average Bonchev–Trinajstić information content (AvgIpc) is 3.06. The molecule has 122 valence electrons. The van der Waals surface area contributed by atoms with Crippen molar-refractivity contribution >= 4 is 5.91 Å². The van der Waals surface area contributed by atoms with Crippen LogP contribution in [0.1, 0.15) is 50.0 Å². The molecule has 1 saturated heterocycles. The fourth-order valence-corrected chi connectivity index (χ4v) is 2.96. The Bertz CT molecular complexity index is 655. The van der Waals surface area contributed by atoms with E-state index in [0.717, 1.165) is 37.9 Å². The summed E-state index contributed by atoms with van der Waals surface area (Å²) in [6.07, 6.45) is 3.33. The number of amides is 1. The second-order valence-corrected chi connectivity index (χ2v) is 6.22. The van der Waals surface area contributed by atoms with Crippen LogP contribution in [0.2, 0.25) is 0 Å². The minimum absolute atomic E-state index is 0.257. The molecule has 0 unspecified atom stereocenters. The zero-order valence-electron chi connectivity index (χ0n) is 13.8. The number of carbonyl (C=O) groups excluding carboxylic acids is 1. The van der Waals surface area contributed by atoms with Crippen molar-refractivity contribution in [1.82, 2.24) is 15.1 Å². The van der Waals surface area contributed by atoms with E-state index < -0.39 is 0 Å². The third-order valence-electron chi connectivity index (χ3n) is 4.40. The number of hydrogen-bond donors (Lipinski definition) is 0. The molecule has 0 saturated carbocycles. The Morgan fingerprint density at radius 3 is 2.57 bits per heavy atom. The van der Waals surface area contributed by atoms with E-state index in [1.54, 1.807) is 0 Å². The molecule has 0 bridgehead atoms. The molecule has 2 aromatic rings. The Kier molecular flexibility index (Phi) is 4.74. The molecule has 1 fully saturated rings.